The molecule has 0 saturated heterocycles. The molecule has 18 heavy (non-hydrogen) atoms. The van der Waals surface area contributed by atoms with Crippen LogP contribution in [0.2, 0.25) is 0 Å². The number of hydrogen-bond acceptors (Lipinski definition) is 3. The zero-order valence-corrected chi connectivity index (χ0v) is 11.6. The van der Waals surface area contributed by atoms with Gasteiger partial charge in [-0.25, -0.2) is 12.8 Å². The molecule has 1 aromatic carbocycles. The van der Waals surface area contributed by atoms with E-state index >= 15 is 0 Å². The minimum Gasteiger partial charge on any atom is -0.329 e. The number of rotatable bonds is 5. The van der Waals surface area contributed by atoms with Crippen LogP contribution in [0.4, 0.5) is 4.39 Å². The molecule has 0 bridgehead atoms. The molecule has 1 rings (SSSR count). The van der Waals surface area contributed by atoms with Gasteiger partial charge in [-0.05, 0) is 19.9 Å². The average molecular weight is 274 g/mol. The van der Waals surface area contributed by atoms with Crippen LogP contribution in [-0.4, -0.2) is 31.6 Å². The third-order valence-corrected chi connectivity index (χ3v) is 5.47. The van der Waals surface area contributed by atoms with E-state index in [1.165, 1.54) is 17.4 Å². The van der Waals surface area contributed by atoms with Crippen molar-refractivity contribution in [3.8, 4) is 0 Å². The monoisotopic (exact) mass is 274 g/mol. The van der Waals surface area contributed by atoms with Crippen LogP contribution in [0.15, 0.2) is 24.3 Å². The Kier molecular flexibility index (Phi) is 4.84. The second kappa shape index (κ2) is 5.77. The molecule has 0 aromatic heterocycles. The zero-order chi connectivity index (χ0) is 13.9. The first-order chi connectivity index (χ1) is 8.32. The van der Waals surface area contributed by atoms with E-state index in [9.17, 15) is 12.8 Å². The highest BCUT2D eigenvalue weighted by atomic mass is 32.2. The summed E-state index contributed by atoms with van der Waals surface area (Å²) in [7, 11) is -2.07. The quantitative estimate of drug-likeness (QED) is 0.885. The molecule has 0 heterocycles. The number of halogens is 1. The van der Waals surface area contributed by atoms with Crippen LogP contribution >= 0.6 is 0 Å². The predicted molar refractivity (Wildman–Crippen MR) is 70.0 cm³/mol. The van der Waals surface area contributed by atoms with Gasteiger partial charge in [0.25, 0.3) is 0 Å². The van der Waals surface area contributed by atoms with Crippen molar-refractivity contribution in [2.75, 3.05) is 13.6 Å². The van der Waals surface area contributed by atoms with Crippen LogP contribution in [0.1, 0.15) is 25.5 Å². The molecular formula is C12H19FN2O2S. The van der Waals surface area contributed by atoms with E-state index in [1.54, 1.807) is 32.0 Å². The van der Waals surface area contributed by atoms with Crippen LogP contribution in [0.3, 0.4) is 0 Å². The molecule has 0 aliphatic carbocycles. The molecule has 2 unspecified atom stereocenters. The van der Waals surface area contributed by atoms with Gasteiger partial charge in [-0.1, -0.05) is 18.2 Å². The van der Waals surface area contributed by atoms with Crippen molar-refractivity contribution < 1.29 is 12.8 Å². The van der Waals surface area contributed by atoms with E-state index in [1.807, 2.05) is 0 Å². The van der Waals surface area contributed by atoms with Crippen molar-refractivity contribution in [2.24, 2.45) is 5.73 Å². The lowest BCUT2D eigenvalue weighted by molar-refractivity contribution is 0.382. The highest BCUT2D eigenvalue weighted by Gasteiger charge is 2.30. The molecule has 2 atom stereocenters. The molecule has 6 heteroatoms. The van der Waals surface area contributed by atoms with Gasteiger partial charge in [0.2, 0.25) is 10.0 Å². The van der Waals surface area contributed by atoms with Gasteiger partial charge >= 0.3 is 0 Å². The fraction of sp³-hybridized carbons (Fsp3) is 0.500. The van der Waals surface area contributed by atoms with Crippen molar-refractivity contribution >= 4 is 10.0 Å². The third kappa shape index (κ3) is 2.88. The van der Waals surface area contributed by atoms with E-state index < -0.39 is 27.1 Å². The minimum atomic E-state index is -3.51. The fourth-order valence-corrected chi connectivity index (χ4v) is 3.00. The second-order valence-electron chi connectivity index (χ2n) is 4.30. The first-order valence-corrected chi connectivity index (χ1v) is 7.24. The Bertz CT molecular complexity index is 505. The second-order valence-corrected chi connectivity index (χ2v) is 6.72. The lowest BCUT2D eigenvalue weighted by atomic mass is 10.1. The number of hydrogen-bond donors (Lipinski definition) is 1. The Hall–Kier alpha value is -0.980. The van der Waals surface area contributed by atoms with Crippen LogP contribution < -0.4 is 5.73 Å². The lowest BCUT2D eigenvalue weighted by Gasteiger charge is -2.27. The van der Waals surface area contributed by atoms with E-state index in [0.29, 0.717) is 5.56 Å². The van der Waals surface area contributed by atoms with Crippen LogP contribution in [-0.2, 0) is 10.0 Å². The summed E-state index contributed by atoms with van der Waals surface area (Å²) >= 11 is 0. The lowest BCUT2D eigenvalue weighted by Crippen LogP contribution is -2.39. The average Bonchev–Trinajstić information content (AvgIpc) is 2.36. The summed E-state index contributed by atoms with van der Waals surface area (Å²) in [5, 5.41) is -0.684. The third-order valence-electron chi connectivity index (χ3n) is 3.14. The maximum atomic E-state index is 13.6. The number of benzene rings is 1. The highest BCUT2D eigenvalue weighted by Crippen LogP contribution is 2.25. The molecule has 0 saturated carbocycles. The van der Waals surface area contributed by atoms with E-state index in [4.69, 9.17) is 5.73 Å². The van der Waals surface area contributed by atoms with Crippen molar-refractivity contribution in [1.29, 1.82) is 0 Å². The standard InChI is InChI=1S/C12H19FN2O2S/c1-9(8-14)18(16,17)15(3)10(2)11-6-4-5-7-12(11)13/h4-7,9-10H,8,14H2,1-3H3. The summed E-state index contributed by atoms with van der Waals surface area (Å²) in [5.74, 6) is -0.410. The van der Waals surface area contributed by atoms with Crippen LogP contribution in [0.5, 0.6) is 0 Å². The van der Waals surface area contributed by atoms with Gasteiger partial charge in [0.15, 0.2) is 0 Å². The molecule has 0 amide bonds. The Labute approximate surface area is 108 Å². The van der Waals surface area contributed by atoms with Gasteiger partial charge in [0.05, 0.1) is 5.25 Å². The largest absolute Gasteiger partial charge is 0.329 e. The Morgan fingerprint density at radius 2 is 1.89 bits per heavy atom. The first-order valence-electron chi connectivity index (χ1n) is 5.73. The molecule has 0 fully saturated rings. The number of nitrogens with zero attached hydrogens (tertiary/aromatic N) is 1. The normalized spacial score (nSPS) is 15.7. The molecule has 0 spiro atoms. The van der Waals surface area contributed by atoms with E-state index in [-0.39, 0.29) is 6.54 Å². The molecule has 0 aliphatic rings. The predicted octanol–water partition coefficient (Wildman–Crippen LogP) is 1.50. The van der Waals surface area contributed by atoms with Crippen molar-refractivity contribution in [1.82, 2.24) is 4.31 Å². The van der Waals surface area contributed by atoms with Gasteiger partial charge in [0, 0.05) is 25.2 Å². The summed E-state index contributed by atoms with van der Waals surface area (Å²) in [5.41, 5.74) is 5.74. The molecule has 0 radical (unpaired) electrons. The Morgan fingerprint density at radius 3 is 2.39 bits per heavy atom. The van der Waals surface area contributed by atoms with Gasteiger partial charge in [0.1, 0.15) is 5.82 Å². The first kappa shape index (κ1) is 15.1. The maximum absolute atomic E-state index is 13.6. The summed E-state index contributed by atoms with van der Waals surface area (Å²) in [6.07, 6.45) is 0. The van der Waals surface area contributed by atoms with Gasteiger partial charge in [-0.2, -0.15) is 4.31 Å². The van der Waals surface area contributed by atoms with Crippen molar-refractivity contribution in [2.45, 2.75) is 25.1 Å². The van der Waals surface area contributed by atoms with Crippen molar-refractivity contribution in [3.05, 3.63) is 35.6 Å². The summed E-state index contributed by atoms with van der Waals surface area (Å²) < 4.78 is 39.0. The summed E-state index contributed by atoms with van der Waals surface area (Å²) in [6, 6.07) is 5.59. The zero-order valence-electron chi connectivity index (χ0n) is 10.8. The molecule has 0 aliphatic heterocycles. The van der Waals surface area contributed by atoms with Gasteiger partial charge < -0.3 is 5.73 Å². The summed E-state index contributed by atoms with van der Waals surface area (Å²) in [6.45, 7) is 3.23. The SMILES string of the molecule is CC(c1ccccc1F)N(C)S(=O)(=O)C(C)CN. The molecule has 4 nitrogen and oxygen atoms in total. The maximum Gasteiger partial charge on any atom is 0.218 e. The molecule has 2 N–H and O–H groups in total. The topological polar surface area (TPSA) is 63.4 Å². The summed E-state index contributed by atoms with van der Waals surface area (Å²) in [4.78, 5) is 0. The smallest absolute Gasteiger partial charge is 0.218 e. The number of nitrogens with two attached hydrogens (primary N) is 1. The van der Waals surface area contributed by atoms with E-state index in [2.05, 4.69) is 0 Å². The molecule has 1 aromatic rings. The van der Waals surface area contributed by atoms with Crippen LogP contribution in [0, 0.1) is 5.82 Å². The Balaban J connectivity index is 3.05. The van der Waals surface area contributed by atoms with Gasteiger partial charge in [-0.3, -0.25) is 0 Å². The number of sulfonamides is 1. The minimum absolute atomic E-state index is 0.0384. The van der Waals surface area contributed by atoms with Gasteiger partial charge in [-0.15, -0.1) is 0 Å². The molecular weight excluding hydrogens is 255 g/mol. The Morgan fingerprint density at radius 1 is 1.33 bits per heavy atom. The molecule has 102 valence electrons. The van der Waals surface area contributed by atoms with Crippen molar-refractivity contribution in [3.63, 3.8) is 0 Å². The highest BCUT2D eigenvalue weighted by molar-refractivity contribution is 7.89. The fourth-order valence-electron chi connectivity index (χ4n) is 1.64. The van der Waals surface area contributed by atoms with Crippen LogP contribution in [0.25, 0.3) is 0 Å². The van der Waals surface area contributed by atoms with E-state index in [0.717, 1.165) is 0 Å².